The summed E-state index contributed by atoms with van der Waals surface area (Å²) >= 11 is 0. The van der Waals surface area contributed by atoms with Gasteiger partial charge in [0.05, 0.1) is 11.6 Å². The van der Waals surface area contributed by atoms with Gasteiger partial charge in [-0.1, -0.05) is 79.7 Å². The highest BCUT2D eigenvalue weighted by Gasteiger charge is 2.25. The number of nitrogens with zero attached hydrogens (tertiary/aromatic N) is 2. The summed E-state index contributed by atoms with van der Waals surface area (Å²) in [6.07, 6.45) is 6.92. The smallest absolute Gasteiger partial charge is 0.120 e. The molecule has 4 rings (SSSR count). The number of phenolic OH excluding ortho intramolecular Hbond substituents is 1. The predicted octanol–water partition coefficient (Wildman–Crippen LogP) is 6.84. The van der Waals surface area contributed by atoms with Gasteiger partial charge in [-0.2, -0.15) is 5.26 Å². The van der Waals surface area contributed by atoms with E-state index in [1.54, 1.807) is 6.07 Å². The highest BCUT2D eigenvalue weighted by Crippen LogP contribution is 2.30. The van der Waals surface area contributed by atoms with Crippen LogP contribution < -0.4 is 0 Å². The number of phenols is 1. The Balaban J connectivity index is 1.60. The first-order chi connectivity index (χ1) is 16.5. The molecular weight excluding hydrogens is 420 g/mol. The molecule has 3 aromatic carbocycles. The van der Waals surface area contributed by atoms with Crippen molar-refractivity contribution in [3.05, 3.63) is 101 Å². The fraction of sp³-hybridized carbons (Fsp3) is 0.233. The summed E-state index contributed by atoms with van der Waals surface area (Å²) in [5.74, 6) is 0.429. The summed E-state index contributed by atoms with van der Waals surface area (Å²) in [7, 11) is 0. The lowest BCUT2D eigenvalue weighted by Crippen LogP contribution is -2.39. The van der Waals surface area contributed by atoms with E-state index in [1.165, 1.54) is 0 Å². The van der Waals surface area contributed by atoms with E-state index in [9.17, 15) is 15.5 Å². The van der Waals surface area contributed by atoms with E-state index in [0.29, 0.717) is 12.1 Å². The number of benzene rings is 3. The Bertz CT molecular complexity index is 1250. The molecule has 1 aliphatic rings. The van der Waals surface area contributed by atoms with Crippen molar-refractivity contribution in [3.8, 4) is 22.9 Å². The Hall–Kier alpha value is -3.81. The Morgan fingerprint density at radius 1 is 1.09 bits per heavy atom. The van der Waals surface area contributed by atoms with Gasteiger partial charge in [0.1, 0.15) is 17.6 Å². The number of nitriles is 1. The standard InChI is InChI=1S/C30H30N2O2/c1-21-17-26(20-32-16-7-6-13-29(32)22(2)33)30(34)18-25(21)15-14-24-11-8-12-27(28(24)19-31)23-9-4-3-5-10-23/h3-5,8-12,14-15,17-18,29,33-34H,2,6-7,13,16,20H2,1H3/b15-14+/t29-/m0/s1. The SMILES string of the molecule is C=C(O)[C@@H]1CCCCN1Cc1cc(C)c(/C=C/c2cccc(-c3ccccc3)c2C#N)cc1O. The zero-order chi connectivity index (χ0) is 24.1. The van der Waals surface area contributed by atoms with Crippen molar-refractivity contribution in [2.45, 2.75) is 38.8 Å². The van der Waals surface area contributed by atoms with E-state index >= 15 is 0 Å². The Morgan fingerprint density at radius 3 is 2.59 bits per heavy atom. The van der Waals surface area contributed by atoms with E-state index in [1.807, 2.05) is 73.7 Å². The number of aromatic hydroxyl groups is 1. The van der Waals surface area contributed by atoms with Gasteiger partial charge in [-0.05, 0) is 54.6 Å². The largest absolute Gasteiger partial charge is 0.511 e. The molecule has 4 heteroatoms. The lowest BCUT2D eigenvalue weighted by molar-refractivity contribution is 0.127. The summed E-state index contributed by atoms with van der Waals surface area (Å²) in [5, 5.41) is 30.6. The minimum Gasteiger partial charge on any atom is -0.511 e. The monoisotopic (exact) mass is 450 g/mol. The number of piperidine rings is 1. The number of rotatable bonds is 6. The molecule has 0 aliphatic carbocycles. The van der Waals surface area contributed by atoms with Gasteiger partial charge >= 0.3 is 0 Å². The molecule has 1 fully saturated rings. The fourth-order valence-corrected chi connectivity index (χ4v) is 4.73. The molecule has 0 aromatic heterocycles. The average Bonchev–Trinajstić information content (AvgIpc) is 2.85. The van der Waals surface area contributed by atoms with Gasteiger partial charge in [-0.25, -0.2) is 0 Å². The van der Waals surface area contributed by atoms with E-state index in [0.717, 1.165) is 59.2 Å². The van der Waals surface area contributed by atoms with E-state index in [-0.39, 0.29) is 17.6 Å². The van der Waals surface area contributed by atoms with Crippen molar-refractivity contribution < 1.29 is 10.2 Å². The van der Waals surface area contributed by atoms with Gasteiger partial charge in [0.25, 0.3) is 0 Å². The maximum Gasteiger partial charge on any atom is 0.120 e. The van der Waals surface area contributed by atoms with Crippen molar-refractivity contribution in [2.75, 3.05) is 6.54 Å². The molecule has 1 heterocycles. The fourth-order valence-electron chi connectivity index (χ4n) is 4.73. The molecule has 4 nitrogen and oxygen atoms in total. The first-order valence-corrected chi connectivity index (χ1v) is 11.7. The third kappa shape index (κ3) is 5.06. The van der Waals surface area contributed by atoms with Gasteiger partial charge in [-0.3, -0.25) is 4.90 Å². The van der Waals surface area contributed by atoms with Gasteiger partial charge in [0.15, 0.2) is 0 Å². The molecule has 0 bridgehead atoms. The Labute approximate surface area is 201 Å². The molecule has 0 saturated carbocycles. The molecule has 0 unspecified atom stereocenters. The molecule has 0 radical (unpaired) electrons. The number of likely N-dealkylation sites (tertiary alicyclic amines) is 1. The second kappa shape index (κ2) is 10.4. The second-order valence-corrected chi connectivity index (χ2v) is 8.89. The maximum atomic E-state index is 10.8. The van der Waals surface area contributed by atoms with Crippen LogP contribution in [0.25, 0.3) is 23.3 Å². The van der Waals surface area contributed by atoms with Crippen molar-refractivity contribution >= 4 is 12.2 Å². The lowest BCUT2D eigenvalue weighted by Gasteiger charge is -2.35. The van der Waals surface area contributed by atoms with Crippen LogP contribution in [0.1, 0.15) is 47.1 Å². The molecule has 172 valence electrons. The van der Waals surface area contributed by atoms with Crippen LogP contribution in [0.5, 0.6) is 5.75 Å². The molecule has 1 saturated heterocycles. The average molecular weight is 451 g/mol. The molecule has 2 N–H and O–H groups in total. The van der Waals surface area contributed by atoms with Gasteiger partial charge < -0.3 is 10.2 Å². The van der Waals surface area contributed by atoms with Crippen molar-refractivity contribution in [1.29, 1.82) is 5.26 Å². The quantitative estimate of drug-likeness (QED) is 0.319. The van der Waals surface area contributed by atoms with Crippen LogP contribution in [-0.2, 0) is 6.54 Å². The van der Waals surface area contributed by atoms with Crippen molar-refractivity contribution in [1.82, 2.24) is 4.90 Å². The Kier molecular flexibility index (Phi) is 7.15. The van der Waals surface area contributed by atoms with Gasteiger partial charge in [-0.15, -0.1) is 0 Å². The molecule has 34 heavy (non-hydrogen) atoms. The zero-order valence-corrected chi connectivity index (χ0v) is 19.5. The number of hydrogen-bond acceptors (Lipinski definition) is 4. The maximum absolute atomic E-state index is 10.8. The van der Waals surface area contributed by atoms with Crippen LogP contribution in [0.15, 0.2) is 73.0 Å². The lowest BCUT2D eigenvalue weighted by atomic mass is 9.95. The van der Waals surface area contributed by atoms with Gasteiger partial charge in [0, 0.05) is 17.7 Å². The molecule has 1 aliphatic heterocycles. The van der Waals surface area contributed by atoms with Crippen LogP contribution in [0, 0.1) is 18.3 Å². The van der Waals surface area contributed by atoms with Crippen LogP contribution in [0.3, 0.4) is 0 Å². The first kappa shape index (κ1) is 23.4. The van der Waals surface area contributed by atoms with E-state index in [4.69, 9.17) is 0 Å². The molecule has 0 spiro atoms. The Morgan fingerprint density at radius 2 is 1.85 bits per heavy atom. The first-order valence-electron chi connectivity index (χ1n) is 11.7. The number of hydrogen-bond donors (Lipinski definition) is 2. The molecular formula is C30H30N2O2. The van der Waals surface area contributed by atoms with Crippen molar-refractivity contribution in [3.63, 3.8) is 0 Å². The number of aliphatic hydroxyl groups is 1. The topological polar surface area (TPSA) is 67.5 Å². The van der Waals surface area contributed by atoms with Crippen LogP contribution in [0.2, 0.25) is 0 Å². The second-order valence-electron chi connectivity index (χ2n) is 8.89. The summed E-state index contributed by atoms with van der Waals surface area (Å²) in [5.41, 5.74) is 6.16. The van der Waals surface area contributed by atoms with E-state index in [2.05, 4.69) is 17.5 Å². The number of aryl methyl sites for hydroxylation is 1. The minimum absolute atomic E-state index is 0.0608. The van der Waals surface area contributed by atoms with Gasteiger partial charge in [0.2, 0.25) is 0 Å². The summed E-state index contributed by atoms with van der Waals surface area (Å²) in [6, 6.07) is 21.8. The highest BCUT2D eigenvalue weighted by atomic mass is 16.3. The van der Waals surface area contributed by atoms with E-state index < -0.39 is 0 Å². The third-order valence-corrected chi connectivity index (χ3v) is 6.57. The predicted molar refractivity (Wildman–Crippen MR) is 138 cm³/mol. The normalized spacial score (nSPS) is 16.4. The van der Waals surface area contributed by atoms with Crippen LogP contribution in [0.4, 0.5) is 0 Å². The third-order valence-electron chi connectivity index (χ3n) is 6.57. The van der Waals surface area contributed by atoms with Crippen LogP contribution >= 0.6 is 0 Å². The number of aliphatic hydroxyl groups excluding tert-OH is 1. The summed E-state index contributed by atoms with van der Waals surface area (Å²) in [6.45, 7) is 7.20. The molecule has 0 amide bonds. The zero-order valence-electron chi connectivity index (χ0n) is 19.5. The highest BCUT2D eigenvalue weighted by molar-refractivity contribution is 5.81. The van der Waals surface area contributed by atoms with Crippen LogP contribution in [-0.4, -0.2) is 27.7 Å². The minimum atomic E-state index is -0.0608. The van der Waals surface area contributed by atoms with Crippen molar-refractivity contribution in [2.24, 2.45) is 0 Å². The summed E-state index contributed by atoms with van der Waals surface area (Å²) < 4.78 is 0. The molecule has 1 atom stereocenters. The molecule has 3 aromatic rings. The summed E-state index contributed by atoms with van der Waals surface area (Å²) in [4.78, 5) is 2.18.